The Labute approximate surface area is 94.8 Å². The number of nitrogens with zero attached hydrogens (tertiary/aromatic N) is 2. The Morgan fingerprint density at radius 3 is 3.06 bits per heavy atom. The van der Waals surface area contributed by atoms with Crippen molar-refractivity contribution in [1.82, 2.24) is 10.2 Å². The molecule has 0 spiro atoms. The Bertz CT molecular complexity index is 371. The Kier molecular flexibility index (Phi) is 2.87. The van der Waals surface area contributed by atoms with Crippen molar-refractivity contribution >= 4 is 5.96 Å². The van der Waals surface area contributed by atoms with Gasteiger partial charge in [-0.25, -0.2) is 0 Å². The largest absolute Gasteiger partial charge is 0.466 e. The lowest BCUT2D eigenvalue weighted by molar-refractivity contribution is 0.0382. The summed E-state index contributed by atoms with van der Waals surface area (Å²) in [6.07, 6.45) is 1.56. The average molecular weight is 223 g/mol. The summed E-state index contributed by atoms with van der Waals surface area (Å²) < 4.78 is 5.20. The molecular weight excluding hydrogens is 206 g/mol. The molecule has 0 radical (unpaired) electrons. The maximum absolute atomic E-state index is 10.2. The van der Waals surface area contributed by atoms with Crippen LogP contribution in [0.3, 0.4) is 0 Å². The summed E-state index contributed by atoms with van der Waals surface area (Å²) >= 11 is 0. The maximum Gasteiger partial charge on any atom is 0.193 e. The topological polar surface area (TPSA) is 61.0 Å². The highest BCUT2D eigenvalue weighted by Crippen LogP contribution is 2.19. The number of hydrogen-bond acceptors (Lipinski definition) is 5. The van der Waals surface area contributed by atoms with E-state index in [1.54, 1.807) is 25.3 Å². The van der Waals surface area contributed by atoms with Crippen molar-refractivity contribution in [3.8, 4) is 0 Å². The van der Waals surface area contributed by atoms with Gasteiger partial charge in [0.2, 0.25) is 0 Å². The Balaban J connectivity index is 1.95. The lowest BCUT2D eigenvalue weighted by Crippen LogP contribution is -2.43. The van der Waals surface area contributed by atoms with Crippen molar-refractivity contribution in [1.29, 1.82) is 0 Å². The van der Waals surface area contributed by atoms with Gasteiger partial charge in [0, 0.05) is 13.6 Å². The van der Waals surface area contributed by atoms with Crippen molar-refractivity contribution < 1.29 is 9.52 Å². The van der Waals surface area contributed by atoms with E-state index in [1.807, 2.05) is 11.9 Å². The standard InChI is InChI=1S/C11H17N3O2/c1-11(15,9-4-3-7-16-9)8-13-10-12-5-6-14(10)2/h3-4,7,15H,5-6,8H2,1-2H3,(H,12,13). The van der Waals surface area contributed by atoms with E-state index in [0.717, 1.165) is 19.0 Å². The minimum atomic E-state index is -1.02. The Morgan fingerprint density at radius 1 is 1.69 bits per heavy atom. The van der Waals surface area contributed by atoms with Crippen LogP contribution in [-0.2, 0) is 5.60 Å². The fourth-order valence-corrected chi connectivity index (χ4v) is 1.65. The lowest BCUT2D eigenvalue weighted by atomic mass is 10.0. The molecule has 5 heteroatoms. The van der Waals surface area contributed by atoms with Gasteiger partial charge in [-0.1, -0.05) is 0 Å². The number of aliphatic imine (C=N–C) groups is 1. The minimum absolute atomic E-state index is 0.379. The molecule has 16 heavy (non-hydrogen) atoms. The molecule has 1 unspecified atom stereocenters. The molecule has 0 bridgehead atoms. The van der Waals surface area contributed by atoms with Gasteiger partial charge in [0.05, 0.1) is 19.4 Å². The van der Waals surface area contributed by atoms with E-state index in [4.69, 9.17) is 4.42 Å². The van der Waals surface area contributed by atoms with Crippen LogP contribution in [0.4, 0.5) is 0 Å². The molecule has 1 atom stereocenters. The fraction of sp³-hybridized carbons (Fsp3) is 0.545. The molecule has 0 saturated carbocycles. The molecule has 0 fully saturated rings. The first-order valence-electron chi connectivity index (χ1n) is 5.35. The van der Waals surface area contributed by atoms with Crippen LogP contribution in [0.25, 0.3) is 0 Å². The van der Waals surface area contributed by atoms with Crippen molar-refractivity contribution in [2.45, 2.75) is 12.5 Å². The molecule has 2 N–H and O–H groups in total. The summed E-state index contributed by atoms with van der Waals surface area (Å²) in [5.74, 6) is 1.38. The molecule has 1 aliphatic rings. The Hall–Kier alpha value is -1.49. The SMILES string of the molecule is CN1CCN=C1NCC(C)(O)c1ccco1. The van der Waals surface area contributed by atoms with Crippen LogP contribution < -0.4 is 5.32 Å². The van der Waals surface area contributed by atoms with Gasteiger partial charge < -0.3 is 19.7 Å². The summed E-state index contributed by atoms with van der Waals surface area (Å²) in [6, 6.07) is 3.53. The van der Waals surface area contributed by atoms with Gasteiger partial charge in [-0.2, -0.15) is 0 Å². The van der Waals surface area contributed by atoms with Crippen LogP contribution in [0.5, 0.6) is 0 Å². The van der Waals surface area contributed by atoms with Crippen LogP contribution >= 0.6 is 0 Å². The first-order chi connectivity index (χ1) is 7.59. The first-order valence-corrected chi connectivity index (χ1v) is 5.35. The summed E-state index contributed by atoms with van der Waals surface area (Å²) in [7, 11) is 1.97. The van der Waals surface area contributed by atoms with E-state index in [9.17, 15) is 5.11 Å². The molecule has 2 heterocycles. The second kappa shape index (κ2) is 4.17. The normalized spacial score (nSPS) is 19.4. The van der Waals surface area contributed by atoms with E-state index in [0.29, 0.717) is 12.3 Å². The zero-order chi connectivity index (χ0) is 11.6. The zero-order valence-corrected chi connectivity index (χ0v) is 9.60. The molecule has 5 nitrogen and oxygen atoms in total. The van der Waals surface area contributed by atoms with Crippen LogP contribution in [0, 0.1) is 0 Å². The van der Waals surface area contributed by atoms with Crippen LogP contribution in [0.1, 0.15) is 12.7 Å². The molecule has 0 saturated heterocycles. The summed E-state index contributed by atoms with van der Waals surface area (Å²) in [5, 5.41) is 13.3. The van der Waals surface area contributed by atoms with Gasteiger partial charge in [-0.15, -0.1) is 0 Å². The van der Waals surface area contributed by atoms with Gasteiger partial charge in [0.1, 0.15) is 11.4 Å². The number of likely N-dealkylation sites (N-methyl/N-ethyl adjacent to an activating group) is 1. The molecule has 1 aliphatic heterocycles. The average Bonchev–Trinajstić information content (AvgIpc) is 2.85. The highest BCUT2D eigenvalue weighted by atomic mass is 16.4. The Morgan fingerprint density at radius 2 is 2.50 bits per heavy atom. The summed E-state index contributed by atoms with van der Waals surface area (Å²) in [6.45, 7) is 3.82. The first kappa shape index (κ1) is 11.0. The second-order valence-electron chi connectivity index (χ2n) is 4.23. The number of rotatable bonds is 3. The molecule has 2 rings (SSSR count). The number of aliphatic hydroxyl groups is 1. The third-order valence-electron chi connectivity index (χ3n) is 2.70. The van der Waals surface area contributed by atoms with Gasteiger partial charge in [0.25, 0.3) is 0 Å². The fourth-order valence-electron chi connectivity index (χ4n) is 1.65. The van der Waals surface area contributed by atoms with Gasteiger partial charge in [0.15, 0.2) is 5.96 Å². The molecule has 0 aliphatic carbocycles. The molecule has 0 aromatic carbocycles. The van der Waals surface area contributed by atoms with E-state index in [1.165, 1.54) is 0 Å². The predicted octanol–water partition coefficient (Wildman–Crippen LogP) is 0.378. The van der Waals surface area contributed by atoms with Gasteiger partial charge >= 0.3 is 0 Å². The van der Waals surface area contributed by atoms with Gasteiger partial charge in [-0.05, 0) is 19.1 Å². The lowest BCUT2D eigenvalue weighted by Gasteiger charge is -2.23. The predicted molar refractivity (Wildman–Crippen MR) is 61.2 cm³/mol. The smallest absolute Gasteiger partial charge is 0.193 e. The van der Waals surface area contributed by atoms with Crippen LogP contribution in [-0.4, -0.2) is 42.6 Å². The van der Waals surface area contributed by atoms with E-state index in [2.05, 4.69) is 10.3 Å². The zero-order valence-electron chi connectivity index (χ0n) is 9.60. The monoisotopic (exact) mass is 223 g/mol. The molecule has 1 aromatic heterocycles. The number of hydrogen-bond donors (Lipinski definition) is 2. The van der Waals surface area contributed by atoms with E-state index >= 15 is 0 Å². The minimum Gasteiger partial charge on any atom is -0.466 e. The molecule has 88 valence electrons. The van der Waals surface area contributed by atoms with Crippen LogP contribution in [0.15, 0.2) is 27.8 Å². The van der Waals surface area contributed by atoms with Crippen molar-refractivity contribution in [3.05, 3.63) is 24.2 Å². The number of nitrogens with one attached hydrogen (secondary N) is 1. The summed E-state index contributed by atoms with van der Waals surface area (Å²) in [4.78, 5) is 6.32. The highest BCUT2D eigenvalue weighted by molar-refractivity contribution is 5.81. The van der Waals surface area contributed by atoms with Crippen molar-refractivity contribution in [3.63, 3.8) is 0 Å². The van der Waals surface area contributed by atoms with Crippen molar-refractivity contribution in [2.75, 3.05) is 26.7 Å². The third-order valence-corrected chi connectivity index (χ3v) is 2.70. The second-order valence-corrected chi connectivity index (χ2v) is 4.23. The van der Waals surface area contributed by atoms with E-state index in [-0.39, 0.29) is 0 Å². The highest BCUT2D eigenvalue weighted by Gasteiger charge is 2.27. The molecule has 1 aromatic rings. The van der Waals surface area contributed by atoms with Crippen molar-refractivity contribution in [2.24, 2.45) is 4.99 Å². The number of guanidine groups is 1. The van der Waals surface area contributed by atoms with E-state index < -0.39 is 5.60 Å². The summed E-state index contributed by atoms with van der Waals surface area (Å²) in [5.41, 5.74) is -1.02. The third kappa shape index (κ3) is 2.19. The van der Waals surface area contributed by atoms with Gasteiger partial charge in [-0.3, -0.25) is 4.99 Å². The number of furan rings is 1. The quantitative estimate of drug-likeness (QED) is 0.777. The maximum atomic E-state index is 10.2. The molecular formula is C11H17N3O2. The molecule has 0 amide bonds. The van der Waals surface area contributed by atoms with Crippen LogP contribution in [0.2, 0.25) is 0 Å².